The molecule has 2 fully saturated rings. The second-order valence-electron chi connectivity index (χ2n) is 9.72. The smallest absolute Gasteiger partial charge is 0.253 e. The molecule has 0 spiro atoms. The van der Waals surface area contributed by atoms with Crippen molar-refractivity contribution < 1.29 is 9.53 Å². The molecule has 1 aliphatic carbocycles. The number of piperazine rings is 1. The zero-order chi connectivity index (χ0) is 22.6. The highest BCUT2D eigenvalue weighted by molar-refractivity contribution is 5.94. The van der Waals surface area contributed by atoms with Crippen LogP contribution in [0.3, 0.4) is 0 Å². The van der Waals surface area contributed by atoms with Gasteiger partial charge in [-0.15, -0.1) is 0 Å². The first-order valence-electron chi connectivity index (χ1n) is 12.5. The van der Waals surface area contributed by atoms with Gasteiger partial charge in [-0.25, -0.2) is 4.98 Å². The Morgan fingerprint density at radius 1 is 1.09 bits per heavy atom. The molecule has 176 valence electrons. The van der Waals surface area contributed by atoms with E-state index in [0.717, 1.165) is 75.2 Å². The molecule has 0 radical (unpaired) electrons. The van der Waals surface area contributed by atoms with E-state index in [-0.39, 0.29) is 5.91 Å². The SMILES string of the molecule is Cc1ccc(C(=O)N[C@H]2CC[C@H](CCN3CCN(c4nccc5c4OCC5)CC3)CC2)cn1. The van der Waals surface area contributed by atoms with Gasteiger partial charge in [-0.1, -0.05) is 0 Å². The highest BCUT2D eigenvalue weighted by Crippen LogP contribution is 2.34. The second kappa shape index (κ2) is 10.1. The summed E-state index contributed by atoms with van der Waals surface area (Å²) in [6, 6.07) is 6.13. The lowest BCUT2D eigenvalue weighted by Crippen LogP contribution is -2.47. The van der Waals surface area contributed by atoms with Gasteiger partial charge in [0.25, 0.3) is 5.91 Å². The van der Waals surface area contributed by atoms with Crippen LogP contribution < -0.4 is 15.0 Å². The maximum absolute atomic E-state index is 12.5. The van der Waals surface area contributed by atoms with Gasteiger partial charge in [0, 0.05) is 62.3 Å². The molecule has 7 nitrogen and oxygen atoms in total. The summed E-state index contributed by atoms with van der Waals surface area (Å²) in [5.41, 5.74) is 2.89. The number of pyridine rings is 2. The molecule has 33 heavy (non-hydrogen) atoms. The number of hydrogen-bond acceptors (Lipinski definition) is 6. The van der Waals surface area contributed by atoms with E-state index >= 15 is 0 Å². The number of carbonyl (C=O) groups is 1. The lowest BCUT2D eigenvalue weighted by atomic mass is 9.84. The first-order valence-corrected chi connectivity index (χ1v) is 12.5. The van der Waals surface area contributed by atoms with Crippen LogP contribution in [0.2, 0.25) is 0 Å². The average molecular weight is 450 g/mol. The zero-order valence-electron chi connectivity index (χ0n) is 19.6. The number of aryl methyl sites for hydroxylation is 1. The van der Waals surface area contributed by atoms with Gasteiger partial charge >= 0.3 is 0 Å². The maximum atomic E-state index is 12.5. The lowest BCUT2D eigenvalue weighted by Gasteiger charge is -2.37. The third-order valence-electron chi connectivity index (χ3n) is 7.47. The fraction of sp³-hybridized carbons (Fsp3) is 0.577. The molecule has 1 N–H and O–H groups in total. The molecular formula is C26H35N5O2. The highest BCUT2D eigenvalue weighted by atomic mass is 16.5. The Morgan fingerprint density at radius 2 is 1.91 bits per heavy atom. The Kier molecular flexibility index (Phi) is 6.76. The Morgan fingerprint density at radius 3 is 2.67 bits per heavy atom. The summed E-state index contributed by atoms with van der Waals surface area (Å²) >= 11 is 0. The number of fused-ring (bicyclic) bond motifs is 1. The molecule has 0 unspecified atom stereocenters. The molecule has 1 saturated carbocycles. The molecule has 1 amide bonds. The van der Waals surface area contributed by atoms with Crippen molar-refractivity contribution in [2.75, 3.05) is 44.2 Å². The van der Waals surface area contributed by atoms with Gasteiger partial charge in [0.1, 0.15) is 0 Å². The third-order valence-corrected chi connectivity index (χ3v) is 7.47. The first kappa shape index (κ1) is 22.1. The Balaban J connectivity index is 1.02. The van der Waals surface area contributed by atoms with Gasteiger partial charge in [0.15, 0.2) is 11.6 Å². The van der Waals surface area contributed by atoms with E-state index in [4.69, 9.17) is 4.74 Å². The summed E-state index contributed by atoms with van der Waals surface area (Å²) in [4.78, 5) is 26.3. The Hall–Kier alpha value is -2.67. The van der Waals surface area contributed by atoms with E-state index < -0.39 is 0 Å². The molecule has 5 rings (SSSR count). The van der Waals surface area contributed by atoms with E-state index in [1.165, 1.54) is 31.4 Å². The topological polar surface area (TPSA) is 70.6 Å². The minimum atomic E-state index is 0.00719. The van der Waals surface area contributed by atoms with Crippen LogP contribution >= 0.6 is 0 Å². The molecule has 0 bridgehead atoms. The van der Waals surface area contributed by atoms with Gasteiger partial charge in [-0.3, -0.25) is 14.7 Å². The van der Waals surface area contributed by atoms with Crippen molar-refractivity contribution in [1.82, 2.24) is 20.2 Å². The van der Waals surface area contributed by atoms with Crippen LogP contribution in [0.1, 0.15) is 53.7 Å². The molecule has 1 saturated heterocycles. The average Bonchev–Trinajstić information content (AvgIpc) is 3.34. The van der Waals surface area contributed by atoms with E-state index in [9.17, 15) is 4.79 Å². The minimum Gasteiger partial charge on any atom is -0.489 e. The predicted octanol–water partition coefficient (Wildman–Crippen LogP) is 3.22. The molecule has 0 aromatic carbocycles. The van der Waals surface area contributed by atoms with Crippen LogP contribution in [-0.4, -0.2) is 66.1 Å². The van der Waals surface area contributed by atoms with Crippen molar-refractivity contribution in [2.24, 2.45) is 5.92 Å². The zero-order valence-corrected chi connectivity index (χ0v) is 19.6. The Bertz CT molecular complexity index is 948. The summed E-state index contributed by atoms with van der Waals surface area (Å²) in [7, 11) is 0. The number of anilines is 1. The number of amides is 1. The largest absolute Gasteiger partial charge is 0.489 e. The predicted molar refractivity (Wildman–Crippen MR) is 129 cm³/mol. The molecule has 4 heterocycles. The summed E-state index contributed by atoms with van der Waals surface area (Å²) in [5.74, 6) is 2.82. The van der Waals surface area contributed by atoms with E-state index in [1.54, 1.807) is 6.20 Å². The summed E-state index contributed by atoms with van der Waals surface area (Å²) in [6.45, 7) is 8.08. The molecule has 7 heteroatoms. The fourth-order valence-corrected chi connectivity index (χ4v) is 5.33. The van der Waals surface area contributed by atoms with Crippen molar-refractivity contribution in [2.45, 2.75) is 51.5 Å². The number of carbonyl (C=O) groups excluding carboxylic acids is 1. The molecule has 2 aliphatic heterocycles. The second-order valence-corrected chi connectivity index (χ2v) is 9.72. The number of nitrogens with zero attached hydrogens (tertiary/aromatic N) is 4. The summed E-state index contributed by atoms with van der Waals surface area (Å²) < 4.78 is 5.85. The first-order chi connectivity index (χ1) is 16.2. The van der Waals surface area contributed by atoms with Crippen LogP contribution in [-0.2, 0) is 6.42 Å². The standard InChI is InChI=1S/C26H35N5O2/c1-19-2-5-22(18-28-19)26(32)29-23-6-3-20(4-7-23)9-12-30-13-15-31(16-14-30)25-24-21(8-11-27-25)10-17-33-24/h2,5,8,11,18,20,23H,3-4,6-7,9-10,12-17H2,1H3,(H,29,32)/t20-,23-. The van der Waals surface area contributed by atoms with Crippen LogP contribution in [0, 0.1) is 12.8 Å². The molecule has 2 aromatic rings. The van der Waals surface area contributed by atoms with Gasteiger partial charge in [0.05, 0.1) is 12.2 Å². The molecule has 0 atom stereocenters. The Labute approximate surface area is 196 Å². The van der Waals surface area contributed by atoms with E-state index in [0.29, 0.717) is 11.6 Å². The third kappa shape index (κ3) is 5.29. The van der Waals surface area contributed by atoms with Crippen molar-refractivity contribution in [1.29, 1.82) is 0 Å². The van der Waals surface area contributed by atoms with E-state index in [2.05, 4.69) is 31.2 Å². The minimum absolute atomic E-state index is 0.00719. The molecule has 3 aliphatic rings. The number of aromatic nitrogens is 2. The van der Waals surface area contributed by atoms with Crippen LogP contribution in [0.4, 0.5) is 5.82 Å². The van der Waals surface area contributed by atoms with Crippen molar-refractivity contribution >= 4 is 11.7 Å². The lowest BCUT2D eigenvalue weighted by molar-refractivity contribution is 0.0919. The van der Waals surface area contributed by atoms with Crippen molar-refractivity contribution in [3.8, 4) is 5.75 Å². The highest BCUT2D eigenvalue weighted by Gasteiger charge is 2.26. The normalized spacial score (nSPS) is 23.1. The van der Waals surface area contributed by atoms with Gasteiger partial charge in [-0.2, -0.15) is 0 Å². The molecule has 2 aromatic heterocycles. The summed E-state index contributed by atoms with van der Waals surface area (Å²) in [6.07, 6.45) is 10.4. The number of rotatable bonds is 6. The van der Waals surface area contributed by atoms with Gasteiger partial charge in [-0.05, 0) is 69.7 Å². The number of hydrogen-bond donors (Lipinski definition) is 1. The van der Waals surface area contributed by atoms with Crippen LogP contribution in [0.5, 0.6) is 5.75 Å². The van der Waals surface area contributed by atoms with Crippen molar-refractivity contribution in [3.05, 3.63) is 47.4 Å². The quantitative estimate of drug-likeness (QED) is 0.730. The number of nitrogens with one attached hydrogen (secondary N) is 1. The van der Waals surface area contributed by atoms with Gasteiger partial charge < -0.3 is 15.0 Å². The van der Waals surface area contributed by atoms with Crippen LogP contribution in [0.15, 0.2) is 30.6 Å². The number of ether oxygens (including phenoxy) is 1. The fourth-order valence-electron chi connectivity index (χ4n) is 5.33. The van der Waals surface area contributed by atoms with E-state index in [1.807, 2.05) is 25.3 Å². The monoisotopic (exact) mass is 449 g/mol. The molecular weight excluding hydrogens is 414 g/mol. The van der Waals surface area contributed by atoms with Crippen molar-refractivity contribution in [3.63, 3.8) is 0 Å². The maximum Gasteiger partial charge on any atom is 0.253 e. The van der Waals surface area contributed by atoms with Gasteiger partial charge in [0.2, 0.25) is 0 Å². The van der Waals surface area contributed by atoms with Crippen LogP contribution in [0.25, 0.3) is 0 Å². The summed E-state index contributed by atoms with van der Waals surface area (Å²) in [5, 5.41) is 3.21.